The molecule has 0 amide bonds. The van der Waals surface area contributed by atoms with Crippen LogP contribution in [0.25, 0.3) is 11.1 Å². The molecule has 1 N–H and O–H groups in total. The third-order valence-corrected chi connectivity index (χ3v) is 3.12. The lowest BCUT2D eigenvalue weighted by Gasteiger charge is -2.23. The number of nitrogens with zero attached hydrogens (tertiary/aromatic N) is 1. The van der Waals surface area contributed by atoms with E-state index in [0.717, 1.165) is 24.2 Å². The minimum absolute atomic E-state index is 0.0404. The molecule has 3 rings (SSSR count). The van der Waals surface area contributed by atoms with E-state index in [2.05, 4.69) is 5.32 Å². The smallest absolute Gasteiger partial charge is 0.408 e. The van der Waals surface area contributed by atoms with Crippen molar-refractivity contribution in [1.29, 1.82) is 0 Å². The third kappa shape index (κ3) is 1.77. The Hall–Kier alpha value is -1.59. The van der Waals surface area contributed by atoms with E-state index < -0.39 is 0 Å². The third-order valence-electron chi connectivity index (χ3n) is 3.12. The van der Waals surface area contributed by atoms with Crippen LogP contribution >= 0.6 is 0 Å². The van der Waals surface area contributed by atoms with Gasteiger partial charge in [0.1, 0.15) is 0 Å². The van der Waals surface area contributed by atoms with Crippen molar-refractivity contribution in [3.63, 3.8) is 0 Å². The molecular weight excluding hydrogens is 220 g/mol. The van der Waals surface area contributed by atoms with Gasteiger partial charge in [0, 0.05) is 20.1 Å². The van der Waals surface area contributed by atoms with Gasteiger partial charge < -0.3 is 14.5 Å². The summed E-state index contributed by atoms with van der Waals surface area (Å²) in [7, 11) is 1.70. The predicted octanol–water partition coefficient (Wildman–Crippen LogP) is 0.792. The Kier molecular flexibility index (Phi) is 2.49. The lowest BCUT2D eigenvalue weighted by Crippen LogP contribution is -2.33. The van der Waals surface area contributed by atoms with Gasteiger partial charge in [0.2, 0.25) is 0 Å². The van der Waals surface area contributed by atoms with E-state index in [4.69, 9.17) is 9.15 Å². The second-order valence-electron chi connectivity index (χ2n) is 4.22. The Morgan fingerprint density at radius 3 is 3.12 bits per heavy atom. The fourth-order valence-corrected chi connectivity index (χ4v) is 2.13. The van der Waals surface area contributed by atoms with Gasteiger partial charge in [0.15, 0.2) is 5.58 Å². The Balaban J connectivity index is 2.04. The first-order valence-corrected chi connectivity index (χ1v) is 5.67. The minimum atomic E-state index is -0.333. The van der Waals surface area contributed by atoms with Crippen molar-refractivity contribution in [3.8, 4) is 0 Å². The molecule has 0 radical (unpaired) electrons. The summed E-state index contributed by atoms with van der Waals surface area (Å²) >= 11 is 0. The highest BCUT2D eigenvalue weighted by molar-refractivity contribution is 5.73. The van der Waals surface area contributed by atoms with Crippen molar-refractivity contribution in [2.24, 2.45) is 7.05 Å². The fraction of sp³-hybridized carbons (Fsp3) is 0.417. The summed E-state index contributed by atoms with van der Waals surface area (Å²) in [6, 6.07) is 5.76. The standard InChI is InChI=1S/C12H14N2O3/c1-14-9-3-2-8(6-10(9)17-12(14)15)11-7-13-4-5-16-11/h2-3,6,11,13H,4-5,7H2,1H3. The molecule has 2 aromatic rings. The maximum atomic E-state index is 11.4. The van der Waals surface area contributed by atoms with Crippen LogP contribution in [0, 0.1) is 0 Å². The summed E-state index contributed by atoms with van der Waals surface area (Å²) in [5.41, 5.74) is 2.46. The molecule has 0 saturated carbocycles. The molecule has 1 saturated heterocycles. The highest BCUT2D eigenvalue weighted by Crippen LogP contribution is 2.22. The second kappa shape index (κ2) is 4.01. The van der Waals surface area contributed by atoms with E-state index >= 15 is 0 Å². The number of hydrogen-bond donors (Lipinski definition) is 1. The summed E-state index contributed by atoms with van der Waals surface area (Å²) in [5.74, 6) is -0.333. The molecule has 1 atom stereocenters. The SMILES string of the molecule is Cn1c(=O)oc2cc(C3CNCCO3)ccc21. The predicted molar refractivity (Wildman–Crippen MR) is 63.0 cm³/mol. The topological polar surface area (TPSA) is 56.4 Å². The Morgan fingerprint density at radius 1 is 1.47 bits per heavy atom. The Morgan fingerprint density at radius 2 is 2.35 bits per heavy atom. The summed E-state index contributed by atoms with van der Waals surface area (Å²) in [6.45, 7) is 2.39. The molecule has 1 aromatic heterocycles. The molecule has 0 aliphatic carbocycles. The first kappa shape index (κ1) is 10.6. The van der Waals surface area contributed by atoms with Crippen LogP contribution in [0.4, 0.5) is 0 Å². The molecule has 1 aliphatic heterocycles. The molecule has 90 valence electrons. The number of aromatic nitrogens is 1. The average molecular weight is 234 g/mol. The van der Waals surface area contributed by atoms with Gasteiger partial charge in [-0.2, -0.15) is 0 Å². The number of rotatable bonds is 1. The number of morpholine rings is 1. The number of oxazole rings is 1. The normalized spacial score (nSPS) is 20.9. The van der Waals surface area contributed by atoms with E-state index in [-0.39, 0.29) is 11.9 Å². The Labute approximate surface area is 98.0 Å². The monoisotopic (exact) mass is 234 g/mol. The summed E-state index contributed by atoms with van der Waals surface area (Å²) < 4.78 is 12.3. The van der Waals surface area contributed by atoms with Crippen molar-refractivity contribution in [3.05, 3.63) is 34.3 Å². The molecule has 0 spiro atoms. The van der Waals surface area contributed by atoms with Gasteiger partial charge in [0.25, 0.3) is 0 Å². The van der Waals surface area contributed by atoms with Gasteiger partial charge in [-0.15, -0.1) is 0 Å². The maximum absolute atomic E-state index is 11.4. The van der Waals surface area contributed by atoms with Crippen molar-refractivity contribution in [2.75, 3.05) is 19.7 Å². The van der Waals surface area contributed by atoms with Crippen LogP contribution in [0.3, 0.4) is 0 Å². The lowest BCUT2D eigenvalue weighted by molar-refractivity contribution is 0.0277. The highest BCUT2D eigenvalue weighted by Gasteiger charge is 2.17. The van der Waals surface area contributed by atoms with E-state index in [9.17, 15) is 4.79 Å². The van der Waals surface area contributed by atoms with Crippen LogP contribution in [0.1, 0.15) is 11.7 Å². The zero-order chi connectivity index (χ0) is 11.8. The zero-order valence-electron chi connectivity index (χ0n) is 9.60. The Bertz CT molecular complexity index is 593. The molecule has 5 heteroatoms. The van der Waals surface area contributed by atoms with E-state index in [1.807, 2.05) is 18.2 Å². The van der Waals surface area contributed by atoms with Crippen molar-refractivity contribution >= 4 is 11.1 Å². The minimum Gasteiger partial charge on any atom is -0.408 e. The molecule has 1 unspecified atom stereocenters. The maximum Gasteiger partial charge on any atom is 0.419 e. The molecule has 1 aliphatic rings. The molecule has 17 heavy (non-hydrogen) atoms. The molecule has 0 bridgehead atoms. The average Bonchev–Trinajstić information content (AvgIpc) is 2.66. The number of ether oxygens (including phenoxy) is 1. The van der Waals surface area contributed by atoms with Crippen LogP contribution in [-0.4, -0.2) is 24.3 Å². The highest BCUT2D eigenvalue weighted by atomic mass is 16.5. The number of fused-ring (bicyclic) bond motifs is 1. The number of hydrogen-bond acceptors (Lipinski definition) is 4. The van der Waals surface area contributed by atoms with Crippen molar-refractivity contribution in [2.45, 2.75) is 6.10 Å². The molecule has 1 aromatic carbocycles. The molecule has 2 heterocycles. The molecule has 1 fully saturated rings. The first-order chi connectivity index (χ1) is 8.25. The second-order valence-corrected chi connectivity index (χ2v) is 4.22. The van der Waals surface area contributed by atoms with Crippen LogP contribution in [0.15, 0.2) is 27.4 Å². The lowest BCUT2D eigenvalue weighted by atomic mass is 10.1. The van der Waals surface area contributed by atoms with Gasteiger partial charge in [-0.05, 0) is 17.7 Å². The number of nitrogens with one attached hydrogen (secondary N) is 1. The van der Waals surface area contributed by atoms with Gasteiger partial charge in [0.05, 0.1) is 18.2 Å². The zero-order valence-corrected chi connectivity index (χ0v) is 9.60. The molecule has 5 nitrogen and oxygen atoms in total. The van der Waals surface area contributed by atoms with Gasteiger partial charge in [-0.1, -0.05) is 6.07 Å². The van der Waals surface area contributed by atoms with Gasteiger partial charge in [-0.25, -0.2) is 4.79 Å². The van der Waals surface area contributed by atoms with Gasteiger partial charge in [-0.3, -0.25) is 4.57 Å². The number of aryl methyl sites for hydroxylation is 1. The van der Waals surface area contributed by atoms with Gasteiger partial charge >= 0.3 is 5.76 Å². The van der Waals surface area contributed by atoms with Crippen LogP contribution in [0.2, 0.25) is 0 Å². The van der Waals surface area contributed by atoms with Crippen molar-refractivity contribution < 1.29 is 9.15 Å². The first-order valence-electron chi connectivity index (χ1n) is 5.67. The van der Waals surface area contributed by atoms with E-state index in [0.29, 0.717) is 12.2 Å². The quantitative estimate of drug-likeness (QED) is 0.792. The van der Waals surface area contributed by atoms with Crippen LogP contribution in [0.5, 0.6) is 0 Å². The fourth-order valence-electron chi connectivity index (χ4n) is 2.13. The summed E-state index contributed by atoms with van der Waals surface area (Å²) in [5, 5.41) is 3.28. The van der Waals surface area contributed by atoms with E-state index in [1.165, 1.54) is 4.57 Å². The summed E-state index contributed by atoms with van der Waals surface area (Å²) in [6.07, 6.45) is 0.0404. The summed E-state index contributed by atoms with van der Waals surface area (Å²) in [4.78, 5) is 11.4. The van der Waals surface area contributed by atoms with E-state index in [1.54, 1.807) is 7.05 Å². The number of benzene rings is 1. The largest absolute Gasteiger partial charge is 0.419 e. The van der Waals surface area contributed by atoms with Crippen molar-refractivity contribution in [1.82, 2.24) is 9.88 Å². The molecular formula is C12H14N2O3. The van der Waals surface area contributed by atoms with Crippen LogP contribution in [-0.2, 0) is 11.8 Å². The van der Waals surface area contributed by atoms with Crippen LogP contribution < -0.4 is 11.1 Å².